The second-order valence-corrected chi connectivity index (χ2v) is 5.96. The molecule has 1 aromatic heterocycles. The Bertz CT molecular complexity index is 569. The van der Waals surface area contributed by atoms with Gasteiger partial charge in [0.2, 0.25) is 0 Å². The molecule has 1 saturated carbocycles. The highest BCUT2D eigenvalue weighted by Crippen LogP contribution is 2.22. The number of hydrogen-bond donors (Lipinski definition) is 1. The third-order valence-electron chi connectivity index (χ3n) is 4.34. The Kier molecular flexibility index (Phi) is 5.19. The third kappa shape index (κ3) is 3.93. The first-order valence-electron chi connectivity index (χ1n) is 8.05. The summed E-state index contributed by atoms with van der Waals surface area (Å²) in [6.07, 6.45) is 6.83. The van der Waals surface area contributed by atoms with E-state index >= 15 is 0 Å². The van der Waals surface area contributed by atoms with Crippen LogP contribution in [0.2, 0.25) is 0 Å². The van der Waals surface area contributed by atoms with Crippen molar-refractivity contribution in [3.05, 3.63) is 48.0 Å². The maximum absolute atomic E-state index is 6.18. The molecule has 1 aliphatic rings. The zero-order valence-corrected chi connectivity index (χ0v) is 13.1. The number of hydrogen-bond acceptors (Lipinski definition) is 4. The number of nitrogens with zero attached hydrogens (tertiary/aromatic N) is 3. The van der Waals surface area contributed by atoms with Gasteiger partial charge in [-0.2, -0.15) is 0 Å². The molecular formula is C17H24N4O. The Morgan fingerprint density at radius 3 is 2.82 bits per heavy atom. The lowest BCUT2D eigenvalue weighted by Gasteiger charge is -2.32. The van der Waals surface area contributed by atoms with Crippen molar-refractivity contribution >= 4 is 0 Å². The number of benzene rings is 1. The molecule has 1 N–H and O–H groups in total. The quantitative estimate of drug-likeness (QED) is 0.890. The molecule has 2 atom stereocenters. The summed E-state index contributed by atoms with van der Waals surface area (Å²) in [4.78, 5) is 0. The number of aryl methyl sites for hydroxylation is 1. The van der Waals surface area contributed by atoms with Crippen LogP contribution in [0.15, 0.2) is 36.7 Å². The zero-order chi connectivity index (χ0) is 15.2. The molecule has 0 unspecified atom stereocenters. The van der Waals surface area contributed by atoms with E-state index in [4.69, 9.17) is 4.74 Å². The number of nitrogens with one attached hydrogen (secondary N) is 1. The van der Waals surface area contributed by atoms with E-state index in [1.54, 1.807) is 6.33 Å². The zero-order valence-electron chi connectivity index (χ0n) is 13.1. The minimum atomic E-state index is 0.280. The summed E-state index contributed by atoms with van der Waals surface area (Å²) in [6.45, 7) is 1.43. The molecule has 1 heterocycles. The van der Waals surface area contributed by atoms with E-state index in [-0.39, 0.29) is 6.10 Å². The van der Waals surface area contributed by atoms with Crippen molar-refractivity contribution in [2.45, 2.75) is 51.0 Å². The molecule has 1 aromatic carbocycles. The second-order valence-electron chi connectivity index (χ2n) is 5.96. The molecule has 5 nitrogen and oxygen atoms in total. The molecule has 1 aliphatic carbocycles. The van der Waals surface area contributed by atoms with E-state index in [0.717, 1.165) is 25.2 Å². The Hall–Kier alpha value is -1.72. The van der Waals surface area contributed by atoms with Crippen molar-refractivity contribution in [3.8, 4) is 0 Å². The van der Waals surface area contributed by atoms with E-state index in [1.807, 2.05) is 17.7 Å². The van der Waals surface area contributed by atoms with E-state index in [9.17, 15) is 0 Å². The lowest BCUT2D eigenvalue weighted by atomic mass is 9.92. The molecule has 22 heavy (non-hydrogen) atoms. The Morgan fingerprint density at radius 1 is 1.23 bits per heavy atom. The van der Waals surface area contributed by atoms with Crippen molar-refractivity contribution < 1.29 is 4.74 Å². The van der Waals surface area contributed by atoms with Gasteiger partial charge < -0.3 is 14.6 Å². The molecule has 0 amide bonds. The highest BCUT2D eigenvalue weighted by molar-refractivity contribution is 5.13. The summed E-state index contributed by atoms with van der Waals surface area (Å²) in [6, 6.07) is 10.8. The van der Waals surface area contributed by atoms with Gasteiger partial charge >= 0.3 is 0 Å². The smallest absolute Gasteiger partial charge is 0.146 e. The van der Waals surface area contributed by atoms with Crippen LogP contribution in [0.5, 0.6) is 0 Å². The second kappa shape index (κ2) is 7.51. The highest BCUT2D eigenvalue weighted by Gasteiger charge is 2.25. The fourth-order valence-electron chi connectivity index (χ4n) is 3.00. The number of ether oxygens (including phenoxy) is 1. The molecule has 0 radical (unpaired) electrons. The minimum Gasteiger partial charge on any atom is -0.372 e. The van der Waals surface area contributed by atoms with Gasteiger partial charge in [0, 0.05) is 13.1 Å². The fraction of sp³-hybridized carbons (Fsp3) is 0.529. The summed E-state index contributed by atoms with van der Waals surface area (Å²) in [5, 5.41) is 11.7. The summed E-state index contributed by atoms with van der Waals surface area (Å²) in [7, 11) is 1.97. The van der Waals surface area contributed by atoms with Gasteiger partial charge in [0.15, 0.2) is 0 Å². The first-order valence-corrected chi connectivity index (χ1v) is 8.05. The molecular weight excluding hydrogens is 276 g/mol. The maximum atomic E-state index is 6.18. The Labute approximate surface area is 131 Å². The average Bonchev–Trinajstić information content (AvgIpc) is 2.98. The van der Waals surface area contributed by atoms with Gasteiger partial charge in [0.25, 0.3) is 0 Å². The van der Waals surface area contributed by atoms with E-state index in [0.29, 0.717) is 12.6 Å². The van der Waals surface area contributed by atoms with E-state index < -0.39 is 0 Å². The SMILES string of the molecule is Cn1cnnc1CN[C@H]1CCCC[C@@H]1OCc1ccccc1. The van der Waals surface area contributed by atoms with Crippen molar-refractivity contribution in [1.29, 1.82) is 0 Å². The predicted molar refractivity (Wildman–Crippen MR) is 85.1 cm³/mol. The first kappa shape index (κ1) is 15.2. The van der Waals surface area contributed by atoms with E-state index in [2.05, 4.69) is 39.8 Å². The van der Waals surface area contributed by atoms with Gasteiger partial charge in [-0.05, 0) is 18.4 Å². The molecule has 118 valence electrons. The van der Waals surface area contributed by atoms with Gasteiger partial charge in [-0.3, -0.25) is 0 Å². The lowest BCUT2D eigenvalue weighted by Crippen LogP contribution is -2.43. The fourth-order valence-corrected chi connectivity index (χ4v) is 3.00. The van der Waals surface area contributed by atoms with Crippen molar-refractivity contribution in [2.75, 3.05) is 0 Å². The predicted octanol–water partition coefficient (Wildman–Crippen LogP) is 2.43. The van der Waals surface area contributed by atoms with E-state index in [1.165, 1.54) is 18.4 Å². The van der Waals surface area contributed by atoms with Crippen LogP contribution >= 0.6 is 0 Å². The first-order chi connectivity index (χ1) is 10.8. The molecule has 1 fully saturated rings. The normalized spacial score (nSPS) is 21.9. The summed E-state index contributed by atoms with van der Waals surface area (Å²) < 4.78 is 8.13. The van der Waals surface area contributed by atoms with Crippen molar-refractivity contribution in [1.82, 2.24) is 20.1 Å². The van der Waals surface area contributed by atoms with Gasteiger partial charge in [0.1, 0.15) is 12.2 Å². The highest BCUT2D eigenvalue weighted by atomic mass is 16.5. The molecule has 3 rings (SSSR count). The molecule has 2 aromatic rings. The Morgan fingerprint density at radius 2 is 2.05 bits per heavy atom. The summed E-state index contributed by atoms with van der Waals surface area (Å²) >= 11 is 0. The molecule has 0 bridgehead atoms. The van der Waals surface area contributed by atoms with Crippen molar-refractivity contribution in [3.63, 3.8) is 0 Å². The van der Waals surface area contributed by atoms with Gasteiger partial charge in [-0.15, -0.1) is 10.2 Å². The minimum absolute atomic E-state index is 0.280. The van der Waals surface area contributed by atoms with Crippen LogP contribution in [0.25, 0.3) is 0 Å². The third-order valence-corrected chi connectivity index (χ3v) is 4.34. The summed E-state index contributed by atoms with van der Waals surface area (Å²) in [5.74, 6) is 0.965. The number of rotatable bonds is 6. The van der Waals surface area contributed by atoms with Crippen LogP contribution in [-0.2, 0) is 24.9 Å². The summed E-state index contributed by atoms with van der Waals surface area (Å²) in [5.41, 5.74) is 1.24. The lowest BCUT2D eigenvalue weighted by molar-refractivity contribution is -0.00615. The Balaban J connectivity index is 1.53. The van der Waals surface area contributed by atoms with Crippen LogP contribution in [0.1, 0.15) is 37.1 Å². The van der Waals surface area contributed by atoms with Crippen LogP contribution < -0.4 is 5.32 Å². The van der Waals surface area contributed by atoms with Gasteiger partial charge in [-0.1, -0.05) is 43.2 Å². The van der Waals surface area contributed by atoms with Crippen LogP contribution in [0.4, 0.5) is 0 Å². The molecule has 5 heteroatoms. The maximum Gasteiger partial charge on any atom is 0.146 e. The number of aromatic nitrogens is 3. The largest absolute Gasteiger partial charge is 0.372 e. The van der Waals surface area contributed by atoms with Gasteiger partial charge in [-0.25, -0.2) is 0 Å². The molecule has 0 saturated heterocycles. The van der Waals surface area contributed by atoms with Gasteiger partial charge in [0.05, 0.1) is 19.3 Å². The van der Waals surface area contributed by atoms with Crippen molar-refractivity contribution in [2.24, 2.45) is 7.05 Å². The standard InChI is InChI=1S/C17H24N4O/c1-21-13-19-20-17(21)11-18-15-9-5-6-10-16(15)22-12-14-7-3-2-4-8-14/h2-4,7-8,13,15-16,18H,5-6,9-12H2,1H3/t15-,16-/m0/s1. The van der Waals surface area contributed by atoms with Crippen LogP contribution in [0.3, 0.4) is 0 Å². The van der Waals surface area contributed by atoms with Crippen LogP contribution in [0, 0.1) is 0 Å². The van der Waals surface area contributed by atoms with Crippen LogP contribution in [-0.4, -0.2) is 26.9 Å². The average molecular weight is 300 g/mol. The molecule has 0 aliphatic heterocycles. The topological polar surface area (TPSA) is 52.0 Å². The molecule has 0 spiro atoms. The monoisotopic (exact) mass is 300 g/mol.